The largest absolute Gasteiger partial charge is 0.355 e. The Morgan fingerprint density at radius 1 is 0.875 bits per heavy atom. The van der Waals surface area contributed by atoms with Crippen molar-refractivity contribution in [3.8, 4) is 0 Å². The number of rotatable bonds is 10. The molecule has 32 heavy (non-hydrogen) atoms. The summed E-state index contributed by atoms with van der Waals surface area (Å²) in [4.78, 5) is 24.1. The minimum absolute atomic E-state index is 0.00584. The number of imidazole rings is 1. The Hall–Kier alpha value is -3.73. The number of amides is 1. The molecule has 4 aromatic rings. The lowest BCUT2D eigenvalue weighted by atomic mass is 9.87. The van der Waals surface area contributed by atoms with Crippen LogP contribution in [0.5, 0.6) is 0 Å². The second-order valence-corrected chi connectivity index (χ2v) is 7.91. The number of carbonyl (C=O) groups is 1. The van der Waals surface area contributed by atoms with Gasteiger partial charge in [0.25, 0.3) is 0 Å². The molecule has 0 aliphatic carbocycles. The first-order valence-corrected chi connectivity index (χ1v) is 11.1. The zero-order valence-electron chi connectivity index (χ0n) is 18.1. The van der Waals surface area contributed by atoms with Crippen molar-refractivity contribution in [3.63, 3.8) is 0 Å². The van der Waals surface area contributed by atoms with Crippen LogP contribution >= 0.6 is 0 Å². The van der Waals surface area contributed by atoms with E-state index >= 15 is 0 Å². The Labute approximate surface area is 189 Å². The van der Waals surface area contributed by atoms with E-state index in [4.69, 9.17) is 0 Å². The molecule has 0 atom stereocenters. The number of H-pyrrole nitrogens is 1. The molecule has 0 aliphatic heterocycles. The third-order valence-corrected chi connectivity index (χ3v) is 5.56. The first-order chi connectivity index (χ1) is 15.8. The van der Waals surface area contributed by atoms with Crippen molar-refractivity contribution in [2.45, 2.75) is 31.6 Å². The van der Waals surface area contributed by atoms with E-state index in [1.807, 2.05) is 18.3 Å². The van der Waals surface area contributed by atoms with E-state index < -0.39 is 0 Å². The molecule has 0 aliphatic rings. The fraction of sp³-hybridized carbons (Fsp3) is 0.222. The lowest BCUT2D eigenvalue weighted by molar-refractivity contribution is -0.120. The third-order valence-electron chi connectivity index (χ3n) is 5.56. The molecule has 162 valence electrons. The second-order valence-electron chi connectivity index (χ2n) is 7.91. The zero-order valence-corrected chi connectivity index (χ0v) is 18.1. The molecule has 2 heterocycles. The predicted molar refractivity (Wildman–Crippen MR) is 126 cm³/mol. The molecule has 0 unspecified atom stereocenters. The van der Waals surface area contributed by atoms with Crippen LogP contribution in [0.1, 0.15) is 40.5 Å². The number of aryl methyl sites for hydroxylation is 1. The predicted octanol–water partition coefficient (Wildman–Crippen LogP) is 4.47. The molecule has 0 saturated heterocycles. The Morgan fingerprint density at radius 2 is 1.59 bits per heavy atom. The summed E-state index contributed by atoms with van der Waals surface area (Å²) in [7, 11) is 0. The molecule has 5 nitrogen and oxygen atoms in total. The average Bonchev–Trinajstić information content (AvgIpc) is 3.29. The smallest absolute Gasteiger partial charge is 0.224 e. The van der Waals surface area contributed by atoms with Crippen LogP contribution in [0.2, 0.25) is 0 Å². The Kier molecular flexibility index (Phi) is 7.42. The van der Waals surface area contributed by atoms with Crippen molar-refractivity contribution in [1.82, 2.24) is 20.3 Å². The van der Waals surface area contributed by atoms with Crippen LogP contribution in [-0.2, 0) is 24.1 Å². The highest BCUT2D eigenvalue weighted by Gasteiger charge is 2.15. The van der Waals surface area contributed by atoms with Crippen LogP contribution in [0.3, 0.4) is 0 Å². The van der Waals surface area contributed by atoms with Gasteiger partial charge >= 0.3 is 0 Å². The molecular formula is C27H28N4O. The maximum Gasteiger partial charge on any atom is 0.224 e. The van der Waals surface area contributed by atoms with Crippen molar-refractivity contribution in [2.24, 2.45) is 0 Å². The summed E-state index contributed by atoms with van der Waals surface area (Å²) in [6.45, 7) is 0.581. The van der Waals surface area contributed by atoms with Gasteiger partial charge in [0.1, 0.15) is 5.82 Å². The minimum Gasteiger partial charge on any atom is -0.355 e. The van der Waals surface area contributed by atoms with E-state index in [1.54, 1.807) is 12.4 Å². The number of aromatic nitrogens is 3. The summed E-state index contributed by atoms with van der Waals surface area (Å²) < 4.78 is 0. The van der Waals surface area contributed by atoms with Crippen LogP contribution in [0.15, 0.2) is 91.4 Å². The molecule has 0 bridgehead atoms. The van der Waals surface area contributed by atoms with Gasteiger partial charge in [-0.2, -0.15) is 0 Å². The van der Waals surface area contributed by atoms with Gasteiger partial charge < -0.3 is 10.3 Å². The van der Waals surface area contributed by atoms with Crippen molar-refractivity contribution in [2.75, 3.05) is 6.54 Å². The van der Waals surface area contributed by atoms with E-state index in [9.17, 15) is 4.79 Å². The van der Waals surface area contributed by atoms with Gasteiger partial charge in [0, 0.05) is 49.6 Å². The first-order valence-electron chi connectivity index (χ1n) is 11.1. The Bertz CT molecular complexity index is 1050. The number of benzene rings is 2. The molecule has 0 radical (unpaired) electrons. The lowest BCUT2D eigenvalue weighted by Crippen LogP contribution is -2.27. The zero-order chi connectivity index (χ0) is 22.0. The van der Waals surface area contributed by atoms with Crippen LogP contribution in [0.4, 0.5) is 0 Å². The van der Waals surface area contributed by atoms with Gasteiger partial charge in [-0.25, -0.2) is 4.98 Å². The maximum atomic E-state index is 12.1. The standard InChI is InChI=1S/C27H28N4O/c32-27(18-21-8-7-16-28-19-21)29-17-15-24-20-30-26(31-24)14-13-25(22-9-3-1-4-10-22)23-11-5-2-6-12-23/h1-12,16,19-20,25H,13-15,17-18H2,(H,29,32)(H,30,31). The normalized spacial score (nSPS) is 10.9. The average molecular weight is 425 g/mol. The molecule has 0 saturated carbocycles. The Balaban J connectivity index is 1.29. The molecule has 5 heteroatoms. The monoisotopic (exact) mass is 424 g/mol. The summed E-state index contributed by atoms with van der Waals surface area (Å²) in [5.41, 5.74) is 4.60. The van der Waals surface area contributed by atoms with Crippen LogP contribution in [0.25, 0.3) is 0 Å². The Morgan fingerprint density at radius 3 is 2.25 bits per heavy atom. The number of hydrogen-bond donors (Lipinski definition) is 2. The van der Waals surface area contributed by atoms with Gasteiger partial charge in [-0.1, -0.05) is 66.7 Å². The van der Waals surface area contributed by atoms with Gasteiger partial charge in [-0.3, -0.25) is 9.78 Å². The molecule has 2 N–H and O–H groups in total. The van der Waals surface area contributed by atoms with Crippen molar-refractivity contribution >= 4 is 5.91 Å². The van der Waals surface area contributed by atoms with Crippen molar-refractivity contribution in [3.05, 3.63) is 120 Å². The fourth-order valence-electron chi connectivity index (χ4n) is 3.92. The number of nitrogens with zero attached hydrogens (tertiary/aromatic N) is 2. The number of hydrogen-bond acceptors (Lipinski definition) is 3. The summed E-state index contributed by atoms with van der Waals surface area (Å²) in [6, 6.07) is 25.0. The molecule has 4 rings (SSSR count). The summed E-state index contributed by atoms with van der Waals surface area (Å²) in [5, 5.41) is 2.97. The molecule has 0 fully saturated rings. The highest BCUT2D eigenvalue weighted by Crippen LogP contribution is 2.28. The molecule has 0 spiro atoms. The highest BCUT2D eigenvalue weighted by atomic mass is 16.1. The molecule has 2 aromatic heterocycles. The quantitative estimate of drug-likeness (QED) is 0.395. The number of aromatic amines is 1. The fourth-order valence-corrected chi connectivity index (χ4v) is 3.92. The highest BCUT2D eigenvalue weighted by molar-refractivity contribution is 5.78. The summed E-state index contributed by atoms with van der Waals surface area (Å²) in [6.07, 6.45) is 8.22. The van der Waals surface area contributed by atoms with E-state index in [2.05, 4.69) is 80.9 Å². The summed E-state index contributed by atoms with van der Waals surface area (Å²) in [5.74, 6) is 1.32. The van der Waals surface area contributed by atoms with Gasteiger partial charge in [0.2, 0.25) is 5.91 Å². The SMILES string of the molecule is O=C(Cc1cccnc1)NCCc1cnc(CCC(c2ccccc2)c2ccccc2)[nH]1. The topological polar surface area (TPSA) is 70.7 Å². The van der Waals surface area contributed by atoms with E-state index in [0.717, 1.165) is 36.3 Å². The van der Waals surface area contributed by atoms with Gasteiger partial charge in [-0.15, -0.1) is 0 Å². The first kappa shape index (κ1) is 21.5. The van der Waals surface area contributed by atoms with E-state index in [1.165, 1.54) is 11.1 Å². The number of carbonyl (C=O) groups excluding carboxylic acids is 1. The molecule has 2 aromatic carbocycles. The second kappa shape index (κ2) is 11.0. The molecule has 1 amide bonds. The molecular weight excluding hydrogens is 396 g/mol. The van der Waals surface area contributed by atoms with Gasteiger partial charge in [0.05, 0.1) is 6.42 Å². The lowest BCUT2D eigenvalue weighted by Gasteiger charge is -2.17. The van der Waals surface area contributed by atoms with Crippen LogP contribution < -0.4 is 5.32 Å². The number of pyridine rings is 1. The van der Waals surface area contributed by atoms with E-state index in [-0.39, 0.29) is 5.91 Å². The van der Waals surface area contributed by atoms with E-state index in [0.29, 0.717) is 18.9 Å². The van der Waals surface area contributed by atoms with Gasteiger partial charge in [-0.05, 0) is 29.2 Å². The number of nitrogens with one attached hydrogen (secondary N) is 2. The third kappa shape index (κ3) is 6.14. The van der Waals surface area contributed by atoms with Crippen molar-refractivity contribution < 1.29 is 4.79 Å². The van der Waals surface area contributed by atoms with Gasteiger partial charge in [0.15, 0.2) is 0 Å². The maximum absolute atomic E-state index is 12.1. The minimum atomic E-state index is 0.00584. The summed E-state index contributed by atoms with van der Waals surface area (Å²) >= 11 is 0. The van der Waals surface area contributed by atoms with Crippen molar-refractivity contribution in [1.29, 1.82) is 0 Å². The van der Waals surface area contributed by atoms with Crippen LogP contribution in [0, 0.1) is 0 Å². The van der Waals surface area contributed by atoms with Crippen LogP contribution in [-0.4, -0.2) is 27.4 Å².